The highest BCUT2D eigenvalue weighted by Crippen LogP contribution is 2.56. The molecule has 0 spiro atoms. The van der Waals surface area contributed by atoms with E-state index < -0.39 is 5.41 Å². The van der Waals surface area contributed by atoms with Gasteiger partial charge in [0.25, 0.3) is 0 Å². The second-order valence-electron chi connectivity index (χ2n) is 14.3. The summed E-state index contributed by atoms with van der Waals surface area (Å²) in [4.78, 5) is 14.9. The summed E-state index contributed by atoms with van der Waals surface area (Å²) < 4.78 is 2.62. The van der Waals surface area contributed by atoms with Crippen LogP contribution in [0.3, 0.4) is 0 Å². The number of thiophene rings is 1. The number of hydrogen-bond donors (Lipinski definition) is 0. The predicted molar refractivity (Wildman–Crippen MR) is 232 cm³/mol. The first kappa shape index (κ1) is 32.4. The summed E-state index contributed by atoms with van der Waals surface area (Å²) in [5.41, 5.74) is 12.3. The normalized spacial score (nSPS) is 12.8. The number of rotatable bonds is 6. The van der Waals surface area contributed by atoms with Crippen LogP contribution in [0.5, 0.6) is 0 Å². The Bertz CT molecular complexity index is 2970. The van der Waals surface area contributed by atoms with E-state index in [0.29, 0.717) is 17.5 Å². The summed E-state index contributed by atoms with van der Waals surface area (Å²) in [6.45, 7) is 0. The summed E-state index contributed by atoms with van der Waals surface area (Å²) in [5, 5.41) is 2.63. The zero-order valence-electron chi connectivity index (χ0n) is 30.3. The molecule has 0 saturated heterocycles. The molecule has 0 bridgehead atoms. The van der Waals surface area contributed by atoms with Crippen molar-refractivity contribution < 1.29 is 0 Å². The Kier molecular flexibility index (Phi) is 7.58. The maximum absolute atomic E-state index is 5.00. The lowest BCUT2D eigenvalue weighted by molar-refractivity contribution is 0.770. The van der Waals surface area contributed by atoms with E-state index >= 15 is 0 Å². The summed E-state index contributed by atoms with van der Waals surface area (Å²) in [6, 6.07) is 71.8. The molecule has 1 aliphatic rings. The number of hydrogen-bond acceptors (Lipinski definition) is 4. The summed E-state index contributed by atoms with van der Waals surface area (Å²) >= 11 is 1.88. The Morgan fingerprint density at radius 2 is 0.821 bits per heavy atom. The lowest BCUT2D eigenvalue weighted by atomic mass is 9.67. The van der Waals surface area contributed by atoms with Crippen molar-refractivity contribution in [3.8, 4) is 56.4 Å². The smallest absolute Gasteiger partial charge is 0.164 e. The van der Waals surface area contributed by atoms with Gasteiger partial charge in [0, 0.05) is 36.9 Å². The van der Waals surface area contributed by atoms with E-state index in [1.807, 2.05) is 72.0 Å². The van der Waals surface area contributed by atoms with Crippen molar-refractivity contribution in [3.63, 3.8) is 0 Å². The first-order chi connectivity index (χ1) is 27.7. The molecule has 0 atom stereocenters. The van der Waals surface area contributed by atoms with Crippen LogP contribution >= 0.6 is 11.3 Å². The van der Waals surface area contributed by atoms with Crippen LogP contribution in [-0.2, 0) is 5.41 Å². The van der Waals surface area contributed by atoms with E-state index in [-0.39, 0.29) is 0 Å². The number of aromatic nitrogens is 3. The van der Waals surface area contributed by atoms with Gasteiger partial charge in [0.1, 0.15) is 0 Å². The Balaban J connectivity index is 1.05. The number of fused-ring (bicyclic) bond motifs is 6. The standard InChI is InChI=1S/C52H33N3S/c1-3-14-35(15-4-1)49-53-50(36-16-5-2-6-17-36)55-51(54-49)38-19-13-18-37(32-38)34-26-28-39(29-27-34)52(45-23-10-7-20-41(45)42-21-8-11-24-46(42)52)40-30-31-44-43-22-9-12-25-47(43)56-48(44)33-40/h1-33H. The van der Waals surface area contributed by atoms with Gasteiger partial charge in [-0.3, -0.25) is 0 Å². The van der Waals surface area contributed by atoms with E-state index in [9.17, 15) is 0 Å². The van der Waals surface area contributed by atoms with Gasteiger partial charge < -0.3 is 0 Å². The van der Waals surface area contributed by atoms with Crippen molar-refractivity contribution in [3.05, 3.63) is 222 Å². The molecule has 0 N–H and O–H groups in total. The second-order valence-corrected chi connectivity index (χ2v) is 15.4. The largest absolute Gasteiger partial charge is 0.208 e. The predicted octanol–water partition coefficient (Wildman–Crippen LogP) is 13.3. The van der Waals surface area contributed by atoms with Gasteiger partial charge >= 0.3 is 0 Å². The van der Waals surface area contributed by atoms with Crippen LogP contribution in [0.4, 0.5) is 0 Å². The van der Waals surface area contributed by atoms with Gasteiger partial charge in [-0.1, -0.05) is 182 Å². The summed E-state index contributed by atoms with van der Waals surface area (Å²) in [6.07, 6.45) is 0. The van der Waals surface area contributed by atoms with Crippen LogP contribution in [0, 0.1) is 0 Å². The van der Waals surface area contributed by atoms with Crippen molar-refractivity contribution in [1.82, 2.24) is 15.0 Å². The Morgan fingerprint density at radius 1 is 0.321 bits per heavy atom. The van der Waals surface area contributed by atoms with Gasteiger partial charge in [-0.25, -0.2) is 15.0 Å². The molecule has 4 heteroatoms. The van der Waals surface area contributed by atoms with Crippen LogP contribution in [0.15, 0.2) is 200 Å². The molecule has 10 aromatic rings. The van der Waals surface area contributed by atoms with E-state index in [4.69, 9.17) is 15.0 Å². The molecular formula is C52H33N3S. The minimum absolute atomic E-state index is 0.482. The molecule has 0 fully saturated rings. The number of benzene rings is 8. The van der Waals surface area contributed by atoms with Gasteiger partial charge in [-0.05, 0) is 62.7 Å². The fourth-order valence-corrected chi connectivity index (χ4v) is 9.82. The molecule has 262 valence electrons. The summed E-state index contributed by atoms with van der Waals surface area (Å²) in [7, 11) is 0. The van der Waals surface area contributed by atoms with Gasteiger partial charge in [0.05, 0.1) is 5.41 Å². The quantitative estimate of drug-likeness (QED) is 0.171. The molecule has 11 rings (SSSR count). The van der Waals surface area contributed by atoms with Gasteiger partial charge in [0.2, 0.25) is 0 Å². The molecule has 8 aromatic carbocycles. The number of nitrogens with zero attached hydrogens (tertiary/aromatic N) is 3. The first-order valence-corrected chi connectivity index (χ1v) is 19.8. The average Bonchev–Trinajstić information content (AvgIpc) is 3.80. The highest BCUT2D eigenvalue weighted by Gasteiger charge is 2.46. The molecule has 0 saturated carbocycles. The van der Waals surface area contributed by atoms with Crippen LogP contribution in [-0.4, -0.2) is 15.0 Å². The van der Waals surface area contributed by atoms with Gasteiger partial charge in [-0.15, -0.1) is 11.3 Å². The third-order valence-corrected chi connectivity index (χ3v) is 12.4. The molecule has 0 radical (unpaired) electrons. The lowest BCUT2D eigenvalue weighted by Crippen LogP contribution is -2.28. The monoisotopic (exact) mass is 731 g/mol. The van der Waals surface area contributed by atoms with Crippen LogP contribution < -0.4 is 0 Å². The van der Waals surface area contributed by atoms with Crippen LogP contribution in [0.2, 0.25) is 0 Å². The Hall–Kier alpha value is -7.01. The molecule has 2 heterocycles. The van der Waals surface area contributed by atoms with Crippen molar-refractivity contribution in [2.45, 2.75) is 5.41 Å². The SMILES string of the molecule is c1ccc(-c2nc(-c3ccccc3)nc(-c3cccc(-c4ccc(C5(c6ccc7c(c6)sc6ccccc67)c6ccccc6-c6ccccc65)cc4)c3)n2)cc1. The van der Waals surface area contributed by atoms with E-state index in [1.165, 1.54) is 53.6 Å². The Labute approximate surface area is 329 Å². The highest BCUT2D eigenvalue weighted by molar-refractivity contribution is 7.25. The van der Waals surface area contributed by atoms with Crippen LogP contribution in [0.25, 0.3) is 76.6 Å². The maximum atomic E-state index is 5.00. The third-order valence-electron chi connectivity index (χ3n) is 11.2. The molecule has 3 nitrogen and oxygen atoms in total. The van der Waals surface area contributed by atoms with Gasteiger partial charge in [-0.2, -0.15) is 0 Å². The molecule has 0 unspecified atom stereocenters. The minimum atomic E-state index is -0.482. The molecular weight excluding hydrogens is 699 g/mol. The maximum Gasteiger partial charge on any atom is 0.164 e. The minimum Gasteiger partial charge on any atom is -0.208 e. The molecule has 56 heavy (non-hydrogen) atoms. The first-order valence-electron chi connectivity index (χ1n) is 18.9. The zero-order chi connectivity index (χ0) is 37.1. The Morgan fingerprint density at radius 3 is 1.48 bits per heavy atom. The lowest BCUT2D eigenvalue weighted by Gasteiger charge is -2.34. The molecule has 2 aromatic heterocycles. The molecule has 0 aliphatic heterocycles. The average molecular weight is 732 g/mol. The highest BCUT2D eigenvalue weighted by atomic mass is 32.1. The van der Waals surface area contributed by atoms with Crippen molar-refractivity contribution in [2.75, 3.05) is 0 Å². The zero-order valence-corrected chi connectivity index (χ0v) is 31.1. The third kappa shape index (κ3) is 5.14. The fraction of sp³-hybridized carbons (Fsp3) is 0.0192. The molecule has 0 amide bonds. The van der Waals surface area contributed by atoms with Crippen molar-refractivity contribution in [2.24, 2.45) is 0 Å². The topological polar surface area (TPSA) is 38.7 Å². The molecule has 1 aliphatic carbocycles. The van der Waals surface area contributed by atoms with Crippen LogP contribution in [0.1, 0.15) is 22.3 Å². The van der Waals surface area contributed by atoms with Gasteiger partial charge in [0.15, 0.2) is 17.5 Å². The summed E-state index contributed by atoms with van der Waals surface area (Å²) in [5.74, 6) is 1.95. The van der Waals surface area contributed by atoms with E-state index in [2.05, 4.69) is 140 Å². The van der Waals surface area contributed by atoms with E-state index in [0.717, 1.165) is 27.8 Å². The fourth-order valence-electron chi connectivity index (χ4n) is 8.67. The van der Waals surface area contributed by atoms with Crippen molar-refractivity contribution in [1.29, 1.82) is 0 Å². The second kappa shape index (κ2) is 13.1. The van der Waals surface area contributed by atoms with Crippen molar-refractivity contribution >= 4 is 31.5 Å². The van der Waals surface area contributed by atoms with E-state index in [1.54, 1.807) is 0 Å².